The molecule has 1 aromatic heterocycles. The summed E-state index contributed by atoms with van der Waals surface area (Å²) in [4.78, 5) is 34.2. The van der Waals surface area contributed by atoms with Gasteiger partial charge in [-0.2, -0.15) is 0 Å². The maximum absolute atomic E-state index is 14.7. The Bertz CT molecular complexity index is 1260. The SMILES string of the molecule is COc1cc(C2(C)NC=Nc3c(C(=O)N[C@H]4CN(C(=O)CO)CC[C@@H]4O)c[nH]c32)c(OCC2CC2)cc1F. The second-order valence-electron chi connectivity index (χ2n) is 10.1. The lowest BCUT2D eigenvalue weighted by Crippen LogP contribution is -2.56. The summed E-state index contributed by atoms with van der Waals surface area (Å²) in [5.74, 6) is -0.600. The van der Waals surface area contributed by atoms with Crippen molar-refractivity contribution < 1.29 is 33.7 Å². The van der Waals surface area contributed by atoms with Crippen LogP contribution in [0, 0.1) is 11.7 Å². The van der Waals surface area contributed by atoms with Crippen molar-refractivity contribution in [2.75, 3.05) is 33.4 Å². The Balaban J connectivity index is 1.44. The van der Waals surface area contributed by atoms with Gasteiger partial charge in [0.25, 0.3) is 5.91 Å². The van der Waals surface area contributed by atoms with Crippen LogP contribution in [0.1, 0.15) is 47.8 Å². The number of nitrogens with one attached hydrogen (secondary N) is 3. The highest BCUT2D eigenvalue weighted by Crippen LogP contribution is 2.44. The first kappa shape index (κ1) is 26.0. The summed E-state index contributed by atoms with van der Waals surface area (Å²) < 4.78 is 25.9. The number of ether oxygens (including phenoxy) is 2. The number of hydrogen-bond donors (Lipinski definition) is 5. The number of fused-ring (bicyclic) bond motifs is 1. The number of aromatic nitrogens is 1. The molecule has 0 spiro atoms. The minimum absolute atomic E-state index is 0.0589. The summed E-state index contributed by atoms with van der Waals surface area (Å²) in [5.41, 5.74) is 0.837. The van der Waals surface area contributed by atoms with Crippen molar-refractivity contribution in [3.05, 3.63) is 41.0 Å². The van der Waals surface area contributed by atoms with Crippen molar-refractivity contribution in [2.24, 2.45) is 10.9 Å². The number of benzene rings is 1. The quantitative estimate of drug-likeness (QED) is 0.345. The van der Waals surface area contributed by atoms with Gasteiger partial charge in [0, 0.05) is 30.9 Å². The highest BCUT2D eigenvalue weighted by Gasteiger charge is 2.40. The Hall–Kier alpha value is -3.64. The standard InChI is InChI=1S/C26H32FN5O6/c1-26(16-7-21(37-2)17(27)8-20(16)38-12-14-3-4-14)24-23(29-13-30-26)15(9-28-24)25(36)31-18-10-32(22(35)11-33)6-5-19(18)34/h7-9,13-14,18-19,28,33-34H,3-6,10-12H2,1-2H3,(H,29,30)(H,31,36)/t18-,19-,26?/m0/s1. The Labute approximate surface area is 219 Å². The van der Waals surface area contributed by atoms with Gasteiger partial charge in [-0.05, 0) is 38.2 Å². The highest BCUT2D eigenvalue weighted by molar-refractivity contribution is 6.01. The van der Waals surface area contributed by atoms with Crippen LogP contribution in [-0.2, 0) is 10.3 Å². The molecule has 11 nitrogen and oxygen atoms in total. The molecule has 204 valence electrons. The molecule has 1 saturated heterocycles. The van der Waals surface area contributed by atoms with Gasteiger partial charge in [0.15, 0.2) is 11.6 Å². The number of carbonyl (C=O) groups excluding carboxylic acids is 2. The van der Waals surface area contributed by atoms with Crippen LogP contribution in [0.3, 0.4) is 0 Å². The van der Waals surface area contributed by atoms with Crippen LogP contribution in [0.25, 0.3) is 0 Å². The molecule has 3 heterocycles. The third-order valence-electron chi connectivity index (χ3n) is 7.49. The van der Waals surface area contributed by atoms with Gasteiger partial charge in [0.2, 0.25) is 5.91 Å². The lowest BCUT2D eigenvalue weighted by Gasteiger charge is -2.36. The summed E-state index contributed by atoms with van der Waals surface area (Å²) in [7, 11) is 1.39. The smallest absolute Gasteiger partial charge is 0.255 e. The van der Waals surface area contributed by atoms with Crippen LogP contribution in [-0.4, -0.2) is 83.8 Å². The van der Waals surface area contributed by atoms with E-state index < -0.39 is 41.9 Å². The summed E-state index contributed by atoms with van der Waals surface area (Å²) in [6, 6.07) is 2.19. The van der Waals surface area contributed by atoms with E-state index in [1.54, 1.807) is 6.07 Å². The number of aliphatic imine (C=N–C) groups is 1. The molecule has 2 aromatic rings. The molecule has 0 radical (unpaired) electrons. The monoisotopic (exact) mass is 529 g/mol. The number of nitrogens with zero attached hydrogens (tertiary/aromatic N) is 2. The first-order chi connectivity index (χ1) is 18.2. The van der Waals surface area contributed by atoms with Gasteiger partial charge in [0.05, 0.1) is 43.5 Å². The first-order valence-corrected chi connectivity index (χ1v) is 12.7. The molecule has 0 bridgehead atoms. The third kappa shape index (κ3) is 4.81. The first-order valence-electron chi connectivity index (χ1n) is 12.7. The average molecular weight is 530 g/mol. The number of methoxy groups -OCH3 is 1. The topological polar surface area (TPSA) is 149 Å². The minimum atomic E-state index is -0.968. The fraction of sp³-hybridized carbons (Fsp3) is 0.500. The van der Waals surface area contributed by atoms with Crippen molar-refractivity contribution in [1.29, 1.82) is 0 Å². The third-order valence-corrected chi connectivity index (χ3v) is 7.49. The highest BCUT2D eigenvalue weighted by atomic mass is 19.1. The van der Waals surface area contributed by atoms with Crippen LogP contribution < -0.4 is 20.1 Å². The van der Waals surface area contributed by atoms with Gasteiger partial charge in [0.1, 0.15) is 23.6 Å². The van der Waals surface area contributed by atoms with E-state index in [0.29, 0.717) is 41.8 Å². The lowest BCUT2D eigenvalue weighted by molar-refractivity contribution is -0.136. The predicted octanol–water partition coefficient (Wildman–Crippen LogP) is 1.16. The molecule has 1 aliphatic carbocycles. The van der Waals surface area contributed by atoms with Crippen molar-refractivity contribution in [1.82, 2.24) is 20.5 Å². The molecule has 1 saturated carbocycles. The Kier molecular flexibility index (Phi) is 7.01. The van der Waals surface area contributed by atoms with Crippen LogP contribution in [0.4, 0.5) is 10.1 Å². The molecule has 2 amide bonds. The molecule has 12 heteroatoms. The molecule has 3 atom stereocenters. The number of likely N-dealkylation sites (tertiary alicyclic amines) is 1. The minimum Gasteiger partial charge on any atom is -0.494 e. The number of aliphatic hydroxyl groups excluding tert-OH is 2. The lowest BCUT2D eigenvalue weighted by atomic mass is 9.85. The molecule has 1 unspecified atom stereocenters. The molecule has 3 aliphatic rings. The average Bonchev–Trinajstić information content (AvgIpc) is 3.64. The molecule has 2 aliphatic heterocycles. The number of carbonyl (C=O) groups is 2. The predicted molar refractivity (Wildman–Crippen MR) is 135 cm³/mol. The van der Waals surface area contributed by atoms with Crippen molar-refractivity contribution >= 4 is 23.8 Å². The summed E-state index contributed by atoms with van der Waals surface area (Å²) in [6.07, 6.45) is 4.60. The zero-order chi connectivity index (χ0) is 27.0. The summed E-state index contributed by atoms with van der Waals surface area (Å²) in [6.45, 7) is 2.09. The van der Waals surface area contributed by atoms with E-state index in [0.717, 1.165) is 12.8 Å². The molecular weight excluding hydrogens is 497 g/mol. The zero-order valence-corrected chi connectivity index (χ0v) is 21.3. The molecule has 2 fully saturated rings. The van der Waals surface area contributed by atoms with Gasteiger partial charge < -0.3 is 40.2 Å². The number of piperidine rings is 1. The van der Waals surface area contributed by atoms with E-state index in [1.165, 1.54) is 30.6 Å². The van der Waals surface area contributed by atoms with Crippen LogP contribution in [0.2, 0.25) is 0 Å². The van der Waals surface area contributed by atoms with E-state index in [1.807, 2.05) is 6.92 Å². The van der Waals surface area contributed by atoms with Crippen molar-refractivity contribution in [3.63, 3.8) is 0 Å². The molecule has 5 N–H and O–H groups in total. The largest absolute Gasteiger partial charge is 0.494 e. The van der Waals surface area contributed by atoms with Crippen molar-refractivity contribution in [2.45, 2.75) is 43.9 Å². The molecule has 1 aromatic carbocycles. The van der Waals surface area contributed by atoms with E-state index in [-0.39, 0.29) is 24.3 Å². The molecule has 38 heavy (non-hydrogen) atoms. The van der Waals surface area contributed by atoms with Crippen molar-refractivity contribution in [3.8, 4) is 11.5 Å². The Morgan fingerprint density at radius 2 is 2.08 bits per heavy atom. The second-order valence-corrected chi connectivity index (χ2v) is 10.1. The Morgan fingerprint density at radius 3 is 2.79 bits per heavy atom. The van der Waals surface area contributed by atoms with E-state index >= 15 is 0 Å². The fourth-order valence-corrected chi connectivity index (χ4v) is 4.96. The Morgan fingerprint density at radius 1 is 1.29 bits per heavy atom. The van der Waals surface area contributed by atoms with Crippen LogP contribution in [0.15, 0.2) is 23.3 Å². The maximum atomic E-state index is 14.7. The number of aliphatic hydroxyl groups is 2. The normalized spacial score (nSPS) is 24.4. The second kappa shape index (κ2) is 10.3. The molecular formula is C26H32FN5O6. The van der Waals surface area contributed by atoms with Crippen LogP contribution >= 0.6 is 0 Å². The van der Waals surface area contributed by atoms with E-state index in [4.69, 9.17) is 9.47 Å². The fourth-order valence-electron chi connectivity index (χ4n) is 4.96. The van der Waals surface area contributed by atoms with Gasteiger partial charge in [-0.15, -0.1) is 0 Å². The number of halogens is 1. The van der Waals surface area contributed by atoms with Gasteiger partial charge >= 0.3 is 0 Å². The van der Waals surface area contributed by atoms with Crippen LogP contribution in [0.5, 0.6) is 11.5 Å². The number of rotatable bonds is 8. The van der Waals surface area contributed by atoms with Gasteiger partial charge in [-0.1, -0.05) is 0 Å². The number of hydrogen-bond acceptors (Lipinski definition) is 8. The summed E-state index contributed by atoms with van der Waals surface area (Å²) in [5, 5.41) is 25.6. The summed E-state index contributed by atoms with van der Waals surface area (Å²) >= 11 is 0. The zero-order valence-electron chi connectivity index (χ0n) is 21.3. The van der Waals surface area contributed by atoms with Gasteiger partial charge in [-0.25, -0.2) is 9.38 Å². The van der Waals surface area contributed by atoms with Gasteiger partial charge in [-0.3, -0.25) is 9.59 Å². The van der Waals surface area contributed by atoms with E-state index in [2.05, 4.69) is 20.6 Å². The van der Waals surface area contributed by atoms with E-state index in [9.17, 15) is 24.2 Å². The number of aromatic amines is 1. The number of H-pyrrole nitrogens is 1. The molecule has 5 rings (SSSR count). The number of amides is 2. The maximum Gasteiger partial charge on any atom is 0.255 e.